The third kappa shape index (κ3) is 2.65. The molecule has 6 nitrogen and oxygen atoms in total. The molecule has 24 heavy (non-hydrogen) atoms. The van der Waals surface area contributed by atoms with Crippen LogP contribution in [0.5, 0.6) is 0 Å². The summed E-state index contributed by atoms with van der Waals surface area (Å²) in [6.45, 7) is 5.00. The van der Waals surface area contributed by atoms with Crippen LogP contribution in [0.4, 0.5) is 11.6 Å². The molecule has 0 bridgehead atoms. The lowest BCUT2D eigenvalue weighted by Crippen LogP contribution is -2.36. The smallest absolute Gasteiger partial charge is 0.144 e. The molecule has 1 fully saturated rings. The number of anilines is 2. The van der Waals surface area contributed by atoms with Crippen LogP contribution in [0.25, 0.3) is 22.2 Å². The van der Waals surface area contributed by atoms with Crippen LogP contribution in [0.15, 0.2) is 36.5 Å². The largest absolute Gasteiger partial charge is 0.382 e. The van der Waals surface area contributed by atoms with E-state index in [1.807, 2.05) is 19.1 Å². The van der Waals surface area contributed by atoms with Gasteiger partial charge in [0.1, 0.15) is 23.0 Å². The molecule has 3 heterocycles. The fourth-order valence-corrected chi connectivity index (χ4v) is 2.94. The molecule has 4 rings (SSSR count). The molecule has 0 radical (unpaired) electrons. The van der Waals surface area contributed by atoms with E-state index in [2.05, 4.69) is 33.1 Å². The zero-order valence-corrected chi connectivity index (χ0v) is 13.6. The molecule has 6 heteroatoms. The van der Waals surface area contributed by atoms with Crippen LogP contribution >= 0.6 is 0 Å². The molecule has 0 saturated carbocycles. The number of aryl methyl sites for hydroxylation is 1. The normalized spacial score (nSPS) is 15.0. The van der Waals surface area contributed by atoms with E-state index >= 15 is 0 Å². The van der Waals surface area contributed by atoms with Crippen molar-refractivity contribution in [2.75, 3.05) is 36.9 Å². The van der Waals surface area contributed by atoms with Gasteiger partial charge in [-0.3, -0.25) is 0 Å². The first kappa shape index (κ1) is 14.8. The van der Waals surface area contributed by atoms with E-state index in [4.69, 9.17) is 15.5 Å². The van der Waals surface area contributed by atoms with E-state index < -0.39 is 0 Å². The van der Waals surface area contributed by atoms with Crippen molar-refractivity contribution in [1.82, 2.24) is 15.0 Å². The number of benzene rings is 1. The summed E-state index contributed by atoms with van der Waals surface area (Å²) in [5.74, 6) is 1.40. The van der Waals surface area contributed by atoms with Crippen molar-refractivity contribution < 1.29 is 4.74 Å². The van der Waals surface area contributed by atoms with Crippen LogP contribution in [0.1, 0.15) is 5.69 Å². The highest BCUT2D eigenvalue weighted by Crippen LogP contribution is 2.30. The number of morpholine rings is 1. The van der Waals surface area contributed by atoms with E-state index in [0.29, 0.717) is 5.82 Å². The summed E-state index contributed by atoms with van der Waals surface area (Å²) in [4.78, 5) is 16.0. The Hall–Kier alpha value is -2.73. The van der Waals surface area contributed by atoms with E-state index in [9.17, 15) is 0 Å². The summed E-state index contributed by atoms with van der Waals surface area (Å²) < 4.78 is 5.45. The molecular weight excluding hydrogens is 302 g/mol. The van der Waals surface area contributed by atoms with Gasteiger partial charge in [0.05, 0.1) is 25.1 Å². The fraction of sp³-hybridized carbons (Fsp3) is 0.278. The molecule has 0 spiro atoms. The summed E-state index contributed by atoms with van der Waals surface area (Å²) >= 11 is 0. The Kier molecular flexibility index (Phi) is 3.74. The van der Waals surface area contributed by atoms with Crippen LogP contribution < -0.4 is 10.6 Å². The van der Waals surface area contributed by atoms with Crippen molar-refractivity contribution in [3.8, 4) is 11.4 Å². The number of nitrogens with zero attached hydrogens (tertiary/aromatic N) is 4. The Bertz CT molecular complexity index is 890. The first-order chi connectivity index (χ1) is 11.7. The zero-order valence-electron chi connectivity index (χ0n) is 13.6. The molecule has 0 amide bonds. The van der Waals surface area contributed by atoms with Gasteiger partial charge in [-0.2, -0.15) is 0 Å². The van der Waals surface area contributed by atoms with E-state index in [1.54, 1.807) is 6.20 Å². The average Bonchev–Trinajstić information content (AvgIpc) is 2.64. The molecule has 2 aromatic heterocycles. The summed E-state index contributed by atoms with van der Waals surface area (Å²) in [7, 11) is 0. The zero-order chi connectivity index (χ0) is 16.5. The molecule has 2 N–H and O–H groups in total. The number of aromatic nitrogens is 3. The van der Waals surface area contributed by atoms with Gasteiger partial charge in [0.2, 0.25) is 0 Å². The van der Waals surface area contributed by atoms with Gasteiger partial charge in [0.25, 0.3) is 0 Å². The Morgan fingerprint density at radius 1 is 1.12 bits per heavy atom. The third-order valence-corrected chi connectivity index (χ3v) is 4.29. The van der Waals surface area contributed by atoms with Crippen molar-refractivity contribution in [1.29, 1.82) is 0 Å². The molecule has 1 aliphatic rings. The minimum Gasteiger partial charge on any atom is -0.382 e. The van der Waals surface area contributed by atoms with Gasteiger partial charge in [0, 0.05) is 18.5 Å². The number of nitrogens with two attached hydrogens (primary N) is 1. The maximum absolute atomic E-state index is 5.81. The van der Waals surface area contributed by atoms with Gasteiger partial charge < -0.3 is 15.4 Å². The molecule has 0 atom stereocenters. The fourth-order valence-electron chi connectivity index (χ4n) is 2.94. The summed E-state index contributed by atoms with van der Waals surface area (Å²) in [6, 6.07) is 10.3. The van der Waals surface area contributed by atoms with Crippen LogP contribution in [-0.2, 0) is 4.74 Å². The van der Waals surface area contributed by atoms with E-state index in [1.165, 1.54) is 0 Å². The maximum atomic E-state index is 5.81. The quantitative estimate of drug-likeness (QED) is 0.781. The minimum absolute atomic E-state index is 0.451. The lowest BCUT2D eigenvalue weighted by Gasteiger charge is -2.28. The van der Waals surface area contributed by atoms with Gasteiger partial charge in [-0.25, -0.2) is 15.0 Å². The molecular formula is C18H19N5O. The molecule has 1 aliphatic heterocycles. The van der Waals surface area contributed by atoms with Crippen LogP contribution in [0.2, 0.25) is 0 Å². The topological polar surface area (TPSA) is 77.2 Å². The van der Waals surface area contributed by atoms with Crippen LogP contribution in [0.3, 0.4) is 0 Å². The highest BCUT2D eigenvalue weighted by atomic mass is 16.5. The van der Waals surface area contributed by atoms with Crippen molar-refractivity contribution in [3.05, 3.63) is 42.2 Å². The molecule has 3 aromatic rings. The maximum Gasteiger partial charge on any atom is 0.144 e. The average molecular weight is 321 g/mol. The molecule has 0 unspecified atom stereocenters. The Morgan fingerprint density at radius 3 is 2.71 bits per heavy atom. The lowest BCUT2D eigenvalue weighted by molar-refractivity contribution is 0.122. The number of hydrogen-bond acceptors (Lipinski definition) is 6. The number of rotatable bonds is 2. The van der Waals surface area contributed by atoms with Gasteiger partial charge in [0.15, 0.2) is 0 Å². The highest BCUT2D eigenvalue weighted by Gasteiger charge is 2.16. The third-order valence-electron chi connectivity index (χ3n) is 4.29. The second-order valence-corrected chi connectivity index (χ2v) is 5.88. The Balaban J connectivity index is 1.90. The number of nitrogen functional groups attached to an aromatic ring is 1. The summed E-state index contributed by atoms with van der Waals surface area (Å²) in [5, 5.41) is 2.20. The first-order valence-electron chi connectivity index (χ1n) is 8.04. The van der Waals surface area contributed by atoms with Crippen molar-refractivity contribution in [2.45, 2.75) is 6.92 Å². The monoisotopic (exact) mass is 321 g/mol. The summed E-state index contributed by atoms with van der Waals surface area (Å²) in [6.07, 6.45) is 1.69. The van der Waals surface area contributed by atoms with Gasteiger partial charge in [-0.05, 0) is 18.4 Å². The molecule has 1 saturated heterocycles. The Morgan fingerprint density at radius 2 is 1.92 bits per heavy atom. The standard InChI is InChI=1S/C18H19N5O/c1-12-18(19)20-11-15(21-12)17-14-5-3-2-4-13(14)10-16(22-17)23-6-8-24-9-7-23/h2-5,10-11H,6-9H2,1H3,(H2,19,20). The first-order valence-corrected chi connectivity index (χ1v) is 8.04. The van der Waals surface area contributed by atoms with Crippen molar-refractivity contribution in [3.63, 3.8) is 0 Å². The second-order valence-electron chi connectivity index (χ2n) is 5.88. The SMILES string of the molecule is Cc1nc(-c2nc(N3CCOCC3)cc3ccccc23)cnc1N. The predicted octanol–water partition coefficient (Wildman–Crippen LogP) is 2.42. The van der Waals surface area contributed by atoms with E-state index in [-0.39, 0.29) is 0 Å². The number of fused-ring (bicyclic) bond motifs is 1. The van der Waals surface area contributed by atoms with Crippen molar-refractivity contribution in [2.24, 2.45) is 0 Å². The number of pyridine rings is 1. The van der Waals surface area contributed by atoms with Crippen molar-refractivity contribution >= 4 is 22.4 Å². The van der Waals surface area contributed by atoms with E-state index in [0.717, 1.165) is 60.0 Å². The number of hydrogen-bond donors (Lipinski definition) is 1. The number of ether oxygens (including phenoxy) is 1. The van der Waals surface area contributed by atoms with Crippen LogP contribution in [0, 0.1) is 6.92 Å². The molecule has 0 aliphatic carbocycles. The lowest BCUT2D eigenvalue weighted by atomic mass is 10.1. The van der Waals surface area contributed by atoms with Gasteiger partial charge in [-0.15, -0.1) is 0 Å². The second kappa shape index (κ2) is 6.05. The Labute approximate surface area is 140 Å². The highest BCUT2D eigenvalue weighted by molar-refractivity contribution is 5.95. The molecule has 1 aromatic carbocycles. The minimum atomic E-state index is 0.451. The summed E-state index contributed by atoms with van der Waals surface area (Å²) in [5.41, 5.74) is 8.11. The van der Waals surface area contributed by atoms with Crippen LogP contribution in [-0.4, -0.2) is 41.3 Å². The van der Waals surface area contributed by atoms with Gasteiger partial charge >= 0.3 is 0 Å². The molecule has 122 valence electrons. The predicted molar refractivity (Wildman–Crippen MR) is 95.0 cm³/mol. The van der Waals surface area contributed by atoms with Gasteiger partial charge in [-0.1, -0.05) is 24.3 Å².